The molecule has 2 N–H and O–H groups in total. The molecule has 0 spiro atoms. The first-order valence-electron chi connectivity index (χ1n) is 9.91. The van der Waals surface area contributed by atoms with E-state index in [1.165, 1.54) is 6.26 Å². The van der Waals surface area contributed by atoms with Gasteiger partial charge in [0.15, 0.2) is 0 Å². The number of carbonyl (C=O) groups excluding carboxylic acids is 2. The Hall–Kier alpha value is -3.40. The van der Waals surface area contributed by atoms with Crippen LogP contribution in [-0.2, 0) is 9.53 Å². The van der Waals surface area contributed by atoms with Crippen LogP contribution in [0.1, 0.15) is 18.7 Å². The Labute approximate surface area is 173 Å². The third kappa shape index (κ3) is 4.28. The number of ether oxygens (including phenoxy) is 1. The fraction of sp³-hybridized carbons (Fsp3) is 0.400. The van der Waals surface area contributed by atoms with Gasteiger partial charge in [-0.3, -0.25) is 4.90 Å². The molecule has 10 nitrogen and oxygen atoms in total. The number of hydrogen-bond donors (Lipinski definition) is 2. The fourth-order valence-corrected chi connectivity index (χ4v) is 3.65. The summed E-state index contributed by atoms with van der Waals surface area (Å²) in [5.74, 6) is 0.714. The summed E-state index contributed by atoms with van der Waals surface area (Å²) in [6.45, 7) is 5.39. The number of nitrogens with one attached hydrogen (secondary N) is 2. The van der Waals surface area contributed by atoms with Crippen LogP contribution in [0.4, 0.5) is 10.7 Å². The van der Waals surface area contributed by atoms with Gasteiger partial charge < -0.3 is 24.7 Å². The van der Waals surface area contributed by atoms with Gasteiger partial charge in [-0.25, -0.2) is 19.6 Å². The van der Waals surface area contributed by atoms with Crippen molar-refractivity contribution in [2.45, 2.75) is 13.0 Å². The molecular weight excluding hydrogens is 388 g/mol. The fourth-order valence-electron chi connectivity index (χ4n) is 3.65. The summed E-state index contributed by atoms with van der Waals surface area (Å²) >= 11 is 0. The minimum Gasteiger partial charge on any atom is -0.467 e. The van der Waals surface area contributed by atoms with Crippen LogP contribution < -0.4 is 15.5 Å². The Morgan fingerprint density at radius 2 is 2.00 bits per heavy atom. The number of rotatable bonds is 6. The number of piperazine rings is 1. The van der Waals surface area contributed by atoms with Gasteiger partial charge in [-0.05, 0) is 25.1 Å². The zero-order chi connectivity index (χ0) is 20.9. The Kier molecular flexibility index (Phi) is 5.94. The quantitative estimate of drug-likeness (QED) is 0.678. The van der Waals surface area contributed by atoms with Crippen molar-refractivity contribution in [2.24, 2.45) is 0 Å². The van der Waals surface area contributed by atoms with Gasteiger partial charge in [-0.2, -0.15) is 0 Å². The Morgan fingerprint density at radius 3 is 2.67 bits per heavy atom. The van der Waals surface area contributed by atoms with E-state index in [1.54, 1.807) is 37.5 Å². The number of carbonyl (C=O) groups is 2. The highest BCUT2D eigenvalue weighted by Crippen LogP contribution is 2.28. The molecule has 0 bridgehead atoms. The molecule has 1 saturated heterocycles. The van der Waals surface area contributed by atoms with Crippen LogP contribution in [0.25, 0.3) is 0 Å². The lowest BCUT2D eigenvalue weighted by atomic mass is 9.99. The number of nitrogens with zero attached hydrogens (tertiary/aromatic N) is 4. The molecule has 30 heavy (non-hydrogen) atoms. The van der Waals surface area contributed by atoms with E-state index >= 15 is 0 Å². The standard InChI is InChI=1S/C20H24N6O4/c1-2-29-18(27)16-14(23-20(28)24-17(16)15-5-3-12-30-15)13-25-8-10-26(11-9-25)19-21-6-4-7-22-19/h3-7,12,17H,2,8-11,13H2,1H3,(H2,23,24,28). The molecule has 0 aromatic carbocycles. The van der Waals surface area contributed by atoms with Crippen molar-refractivity contribution in [3.05, 3.63) is 53.9 Å². The largest absolute Gasteiger partial charge is 0.467 e. The minimum absolute atomic E-state index is 0.240. The van der Waals surface area contributed by atoms with Crippen molar-refractivity contribution in [1.82, 2.24) is 25.5 Å². The van der Waals surface area contributed by atoms with E-state index in [4.69, 9.17) is 9.15 Å². The van der Waals surface area contributed by atoms with E-state index < -0.39 is 12.0 Å². The van der Waals surface area contributed by atoms with Crippen molar-refractivity contribution in [3.8, 4) is 0 Å². The molecular formula is C20H24N6O4. The Bertz CT molecular complexity index is 907. The maximum Gasteiger partial charge on any atom is 0.338 e. The molecule has 0 aliphatic carbocycles. The molecule has 10 heteroatoms. The molecule has 4 rings (SSSR count). The molecule has 0 saturated carbocycles. The topological polar surface area (TPSA) is 113 Å². The summed E-state index contributed by atoms with van der Waals surface area (Å²) in [7, 11) is 0. The minimum atomic E-state index is -0.693. The van der Waals surface area contributed by atoms with Crippen LogP contribution in [0, 0.1) is 0 Å². The number of amides is 2. The average molecular weight is 412 g/mol. The van der Waals surface area contributed by atoms with Gasteiger partial charge >= 0.3 is 12.0 Å². The smallest absolute Gasteiger partial charge is 0.338 e. The van der Waals surface area contributed by atoms with E-state index in [0.717, 1.165) is 26.2 Å². The monoisotopic (exact) mass is 412 g/mol. The molecule has 2 aromatic heterocycles. The zero-order valence-electron chi connectivity index (χ0n) is 16.7. The van der Waals surface area contributed by atoms with Crippen molar-refractivity contribution in [2.75, 3.05) is 44.2 Å². The first kappa shape index (κ1) is 19.9. The SMILES string of the molecule is CCOC(=O)C1=C(CN2CCN(c3ncccn3)CC2)NC(=O)NC1c1ccco1. The molecule has 2 aliphatic rings. The summed E-state index contributed by atoms with van der Waals surface area (Å²) in [5, 5.41) is 5.55. The van der Waals surface area contributed by atoms with Crippen LogP contribution >= 0.6 is 0 Å². The zero-order valence-corrected chi connectivity index (χ0v) is 16.7. The molecule has 4 heterocycles. The second-order valence-corrected chi connectivity index (χ2v) is 6.97. The van der Waals surface area contributed by atoms with Crippen molar-refractivity contribution >= 4 is 17.9 Å². The van der Waals surface area contributed by atoms with Crippen molar-refractivity contribution < 1.29 is 18.7 Å². The lowest BCUT2D eigenvalue weighted by molar-refractivity contribution is -0.139. The molecule has 1 fully saturated rings. The van der Waals surface area contributed by atoms with E-state index in [9.17, 15) is 9.59 Å². The van der Waals surface area contributed by atoms with E-state index in [0.29, 0.717) is 29.5 Å². The van der Waals surface area contributed by atoms with E-state index in [-0.39, 0.29) is 12.6 Å². The van der Waals surface area contributed by atoms with E-state index in [1.807, 2.05) is 0 Å². The number of hydrogen-bond acceptors (Lipinski definition) is 8. The third-order valence-corrected chi connectivity index (χ3v) is 5.07. The molecule has 2 amide bonds. The van der Waals surface area contributed by atoms with Crippen LogP contribution in [0.3, 0.4) is 0 Å². The van der Waals surface area contributed by atoms with Gasteiger partial charge in [-0.15, -0.1) is 0 Å². The van der Waals surface area contributed by atoms with E-state index in [2.05, 4.69) is 30.4 Å². The summed E-state index contributed by atoms with van der Waals surface area (Å²) in [5.41, 5.74) is 0.892. The highest BCUT2D eigenvalue weighted by Gasteiger charge is 2.36. The molecule has 0 radical (unpaired) electrons. The second-order valence-electron chi connectivity index (χ2n) is 6.97. The highest BCUT2D eigenvalue weighted by atomic mass is 16.5. The first-order chi connectivity index (χ1) is 14.7. The summed E-state index contributed by atoms with van der Waals surface area (Å²) in [4.78, 5) is 37.9. The maximum absolute atomic E-state index is 12.7. The number of anilines is 1. The Morgan fingerprint density at radius 1 is 1.23 bits per heavy atom. The normalized spacial score (nSPS) is 20.0. The molecule has 2 aliphatic heterocycles. The third-order valence-electron chi connectivity index (χ3n) is 5.07. The van der Waals surface area contributed by atoms with Gasteiger partial charge in [-0.1, -0.05) is 0 Å². The van der Waals surface area contributed by atoms with Crippen LogP contribution in [0.2, 0.25) is 0 Å². The number of esters is 1. The summed E-state index contributed by atoms with van der Waals surface area (Å²) < 4.78 is 10.7. The molecule has 1 unspecified atom stereocenters. The van der Waals surface area contributed by atoms with Gasteiger partial charge in [0.1, 0.15) is 11.8 Å². The summed E-state index contributed by atoms with van der Waals surface area (Å²) in [6, 6.07) is 4.17. The van der Waals surface area contributed by atoms with Crippen LogP contribution in [0.5, 0.6) is 0 Å². The van der Waals surface area contributed by atoms with Crippen LogP contribution in [0.15, 0.2) is 52.5 Å². The first-order valence-corrected chi connectivity index (χ1v) is 9.91. The second kappa shape index (κ2) is 8.95. The predicted molar refractivity (Wildman–Crippen MR) is 107 cm³/mol. The maximum atomic E-state index is 12.7. The molecule has 1 atom stereocenters. The van der Waals surface area contributed by atoms with Gasteiger partial charge in [0.25, 0.3) is 0 Å². The predicted octanol–water partition coefficient (Wildman–Crippen LogP) is 1.06. The number of urea groups is 1. The van der Waals surface area contributed by atoms with Crippen molar-refractivity contribution in [3.63, 3.8) is 0 Å². The highest BCUT2D eigenvalue weighted by molar-refractivity contribution is 5.95. The van der Waals surface area contributed by atoms with Gasteiger partial charge in [0.2, 0.25) is 5.95 Å². The van der Waals surface area contributed by atoms with Crippen LogP contribution in [-0.4, -0.2) is 66.2 Å². The summed E-state index contributed by atoms with van der Waals surface area (Å²) in [6.07, 6.45) is 4.96. The average Bonchev–Trinajstić information content (AvgIpc) is 3.29. The molecule has 2 aromatic rings. The number of aromatic nitrogens is 2. The van der Waals surface area contributed by atoms with Crippen molar-refractivity contribution in [1.29, 1.82) is 0 Å². The molecule has 158 valence electrons. The number of furan rings is 1. The van der Waals surface area contributed by atoms with Gasteiger partial charge in [0, 0.05) is 50.8 Å². The Balaban J connectivity index is 1.53. The lowest BCUT2D eigenvalue weighted by Gasteiger charge is -2.36. The van der Waals surface area contributed by atoms with Gasteiger partial charge in [0.05, 0.1) is 18.4 Å². The lowest BCUT2D eigenvalue weighted by Crippen LogP contribution is -2.52.